The third-order valence-corrected chi connectivity index (χ3v) is 5.07. The molecule has 2 aromatic heterocycles. The Morgan fingerprint density at radius 1 is 0.958 bits per heavy atom. The lowest BCUT2D eigenvalue weighted by Crippen LogP contribution is -2.18. The molecule has 2 heterocycles. The second-order valence-corrected chi connectivity index (χ2v) is 6.37. The van der Waals surface area contributed by atoms with Gasteiger partial charge in [0.25, 0.3) is 5.56 Å². The molecule has 0 aliphatic heterocycles. The van der Waals surface area contributed by atoms with Gasteiger partial charge in [-0.15, -0.1) is 11.3 Å². The third-order valence-electron chi connectivity index (χ3n) is 3.97. The fourth-order valence-electron chi connectivity index (χ4n) is 2.87. The fourth-order valence-corrected chi connectivity index (χ4v) is 3.98. The summed E-state index contributed by atoms with van der Waals surface area (Å²) in [6.07, 6.45) is 0. The van der Waals surface area contributed by atoms with Crippen LogP contribution in [0.4, 0.5) is 0 Å². The average molecular weight is 335 g/mol. The van der Waals surface area contributed by atoms with Gasteiger partial charge in [0.15, 0.2) is 0 Å². The van der Waals surface area contributed by atoms with Gasteiger partial charge in [0.05, 0.1) is 12.8 Å². The van der Waals surface area contributed by atoms with Crippen LogP contribution in [0.5, 0.6) is 0 Å². The second kappa shape index (κ2) is 5.62. The van der Waals surface area contributed by atoms with Crippen LogP contribution in [0.3, 0.4) is 0 Å². The summed E-state index contributed by atoms with van der Waals surface area (Å²) in [5.74, 6) is -0.396. The van der Waals surface area contributed by atoms with Gasteiger partial charge in [-0.1, -0.05) is 36.4 Å². The number of benzene rings is 2. The van der Waals surface area contributed by atoms with E-state index in [0.29, 0.717) is 10.3 Å². The lowest BCUT2D eigenvalue weighted by molar-refractivity contribution is 0.0606. The predicted molar refractivity (Wildman–Crippen MR) is 96.3 cm³/mol. The van der Waals surface area contributed by atoms with E-state index in [1.165, 1.54) is 18.4 Å². The Labute approximate surface area is 141 Å². The number of hydrogen-bond acceptors (Lipinski definition) is 4. The summed E-state index contributed by atoms with van der Waals surface area (Å²) in [7, 11) is 1.36. The van der Waals surface area contributed by atoms with Crippen molar-refractivity contribution in [2.24, 2.45) is 0 Å². The Kier molecular flexibility index (Phi) is 3.43. The van der Waals surface area contributed by atoms with Crippen LogP contribution in [-0.2, 0) is 4.74 Å². The molecule has 0 saturated heterocycles. The molecule has 4 aromatic rings. The van der Waals surface area contributed by atoms with Crippen LogP contribution in [0, 0.1) is 0 Å². The monoisotopic (exact) mass is 335 g/mol. The van der Waals surface area contributed by atoms with E-state index in [9.17, 15) is 9.59 Å². The van der Waals surface area contributed by atoms with Crippen LogP contribution in [-0.4, -0.2) is 17.6 Å². The number of methoxy groups -OCH3 is 1. The number of carbonyl (C=O) groups is 1. The highest BCUT2D eigenvalue weighted by Gasteiger charge is 2.18. The van der Waals surface area contributed by atoms with E-state index in [1.54, 1.807) is 10.6 Å². The molecular formula is C19H13NO3S. The van der Waals surface area contributed by atoms with Crippen LogP contribution < -0.4 is 5.56 Å². The molecule has 24 heavy (non-hydrogen) atoms. The number of thiophene rings is 1. The number of carbonyl (C=O) groups excluding carboxylic acids is 1. The predicted octanol–water partition coefficient (Wildman–Crippen LogP) is 3.99. The first kappa shape index (κ1) is 14.7. The molecule has 2 aromatic carbocycles. The molecule has 4 nitrogen and oxygen atoms in total. The third kappa shape index (κ3) is 2.13. The van der Waals surface area contributed by atoms with Gasteiger partial charge in [-0.2, -0.15) is 0 Å². The van der Waals surface area contributed by atoms with Gasteiger partial charge in [0.2, 0.25) is 0 Å². The minimum Gasteiger partial charge on any atom is -0.465 e. The van der Waals surface area contributed by atoms with Crippen LogP contribution in [0.1, 0.15) is 9.67 Å². The molecule has 0 aliphatic carbocycles. The van der Waals surface area contributed by atoms with Crippen LogP contribution in [0.15, 0.2) is 65.5 Å². The number of rotatable bonds is 2. The highest BCUT2D eigenvalue weighted by molar-refractivity contribution is 7.20. The Balaban J connectivity index is 2.20. The molecule has 0 spiro atoms. The number of esters is 1. The Morgan fingerprint density at radius 3 is 2.33 bits per heavy atom. The maximum absolute atomic E-state index is 13.0. The highest BCUT2D eigenvalue weighted by atomic mass is 32.1. The zero-order valence-corrected chi connectivity index (χ0v) is 13.7. The topological polar surface area (TPSA) is 48.3 Å². The molecule has 0 unspecified atom stereocenters. The normalized spacial score (nSPS) is 11.0. The first-order valence-corrected chi connectivity index (χ1v) is 8.23. The summed E-state index contributed by atoms with van der Waals surface area (Å²) < 4.78 is 6.50. The van der Waals surface area contributed by atoms with E-state index in [2.05, 4.69) is 0 Å². The summed E-state index contributed by atoms with van der Waals surface area (Å²) in [6.45, 7) is 0. The molecular weight excluding hydrogens is 322 g/mol. The summed E-state index contributed by atoms with van der Waals surface area (Å²) in [5, 5.41) is 2.35. The Bertz CT molecular complexity index is 1130. The van der Waals surface area contributed by atoms with Gasteiger partial charge in [-0.05, 0) is 29.7 Å². The van der Waals surface area contributed by atoms with E-state index in [0.717, 1.165) is 21.3 Å². The average Bonchev–Trinajstić information content (AvgIpc) is 3.07. The molecule has 0 bridgehead atoms. The SMILES string of the molecule is COC(=O)c1cc2c3ccccc3c(=O)n(-c3ccccc3)c2s1. The van der Waals surface area contributed by atoms with Crippen molar-refractivity contribution in [1.29, 1.82) is 0 Å². The van der Waals surface area contributed by atoms with Crippen LogP contribution >= 0.6 is 11.3 Å². The number of hydrogen-bond donors (Lipinski definition) is 0. The number of nitrogens with zero attached hydrogens (tertiary/aromatic N) is 1. The number of ether oxygens (including phenoxy) is 1. The van der Waals surface area contributed by atoms with Crippen molar-refractivity contribution >= 4 is 38.3 Å². The maximum Gasteiger partial charge on any atom is 0.348 e. The van der Waals surface area contributed by atoms with Crippen molar-refractivity contribution in [2.45, 2.75) is 0 Å². The Hall–Kier alpha value is -2.92. The van der Waals surface area contributed by atoms with Gasteiger partial charge in [-0.3, -0.25) is 9.36 Å². The van der Waals surface area contributed by atoms with Crippen molar-refractivity contribution in [3.05, 3.63) is 75.9 Å². The van der Waals surface area contributed by atoms with Crippen molar-refractivity contribution in [1.82, 2.24) is 4.57 Å². The second-order valence-electron chi connectivity index (χ2n) is 5.34. The number of para-hydroxylation sites is 1. The van der Waals surface area contributed by atoms with Crippen LogP contribution in [0.25, 0.3) is 26.7 Å². The van der Waals surface area contributed by atoms with E-state index >= 15 is 0 Å². The minimum absolute atomic E-state index is 0.0948. The standard InChI is InChI=1S/C19H13NO3S/c1-23-19(22)16-11-15-13-9-5-6-10-14(13)17(21)20(18(15)24-16)12-7-3-2-4-8-12/h2-11H,1H3. The summed E-state index contributed by atoms with van der Waals surface area (Å²) >= 11 is 1.27. The van der Waals surface area contributed by atoms with E-state index in [1.807, 2.05) is 54.6 Å². The largest absolute Gasteiger partial charge is 0.465 e. The molecule has 0 radical (unpaired) electrons. The lowest BCUT2D eigenvalue weighted by Gasteiger charge is -2.09. The van der Waals surface area contributed by atoms with Crippen molar-refractivity contribution in [2.75, 3.05) is 7.11 Å². The first-order chi connectivity index (χ1) is 11.7. The minimum atomic E-state index is -0.396. The van der Waals surface area contributed by atoms with Gasteiger partial charge in [0.1, 0.15) is 9.71 Å². The van der Waals surface area contributed by atoms with Crippen molar-refractivity contribution in [3.63, 3.8) is 0 Å². The van der Waals surface area contributed by atoms with E-state index < -0.39 is 5.97 Å². The quantitative estimate of drug-likeness (QED) is 0.520. The molecule has 0 atom stereocenters. The van der Waals surface area contributed by atoms with Gasteiger partial charge in [-0.25, -0.2) is 4.79 Å². The summed E-state index contributed by atoms with van der Waals surface area (Å²) in [6, 6.07) is 18.7. The highest BCUT2D eigenvalue weighted by Crippen LogP contribution is 2.32. The van der Waals surface area contributed by atoms with E-state index in [4.69, 9.17) is 4.74 Å². The lowest BCUT2D eigenvalue weighted by atomic mass is 10.1. The Morgan fingerprint density at radius 2 is 1.62 bits per heavy atom. The number of pyridine rings is 1. The molecule has 118 valence electrons. The number of aromatic nitrogens is 1. The molecule has 0 aliphatic rings. The molecule has 0 N–H and O–H groups in total. The summed E-state index contributed by atoms with van der Waals surface area (Å²) in [5.41, 5.74) is 0.680. The molecule has 0 amide bonds. The number of fused-ring (bicyclic) bond motifs is 3. The molecule has 0 saturated carbocycles. The zero-order chi connectivity index (χ0) is 16.7. The van der Waals surface area contributed by atoms with Crippen LogP contribution in [0.2, 0.25) is 0 Å². The molecule has 5 heteroatoms. The van der Waals surface area contributed by atoms with Crippen molar-refractivity contribution in [3.8, 4) is 5.69 Å². The summed E-state index contributed by atoms with van der Waals surface area (Å²) in [4.78, 5) is 26.2. The maximum atomic E-state index is 13.0. The van der Waals surface area contributed by atoms with Crippen molar-refractivity contribution < 1.29 is 9.53 Å². The van der Waals surface area contributed by atoms with E-state index in [-0.39, 0.29) is 5.56 Å². The molecule has 0 fully saturated rings. The fraction of sp³-hybridized carbons (Fsp3) is 0.0526. The zero-order valence-electron chi connectivity index (χ0n) is 12.9. The smallest absolute Gasteiger partial charge is 0.348 e. The first-order valence-electron chi connectivity index (χ1n) is 7.42. The molecule has 4 rings (SSSR count). The van der Waals surface area contributed by atoms with Gasteiger partial charge < -0.3 is 4.74 Å². The van der Waals surface area contributed by atoms with Gasteiger partial charge >= 0.3 is 5.97 Å². The van der Waals surface area contributed by atoms with Gasteiger partial charge in [0, 0.05) is 10.8 Å².